The molecule has 0 spiro atoms. The Kier molecular flexibility index (Phi) is 33.4. The van der Waals surface area contributed by atoms with E-state index in [1.165, 1.54) is 109 Å². The third-order valence-electron chi connectivity index (χ3n) is 10.5. The van der Waals surface area contributed by atoms with E-state index < -0.39 is 49.5 Å². The smallest absolute Gasteiger partial charge is 0.220 e. The van der Waals surface area contributed by atoms with Crippen LogP contribution in [0.1, 0.15) is 187 Å². The summed E-state index contributed by atoms with van der Waals surface area (Å²) < 4.78 is 11.2. The van der Waals surface area contributed by atoms with E-state index in [9.17, 15) is 30.3 Å². The number of hydrogen-bond acceptors (Lipinski definition) is 8. The van der Waals surface area contributed by atoms with Crippen LogP contribution in [0.5, 0.6) is 0 Å². The van der Waals surface area contributed by atoms with Crippen molar-refractivity contribution in [3.8, 4) is 0 Å². The fourth-order valence-corrected chi connectivity index (χ4v) is 6.83. The minimum atomic E-state index is -1.57. The largest absolute Gasteiger partial charge is 0.394 e. The van der Waals surface area contributed by atoms with E-state index in [1.54, 1.807) is 6.08 Å². The van der Waals surface area contributed by atoms with Gasteiger partial charge in [-0.2, -0.15) is 0 Å². The lowest BCUT2D eigenvalue weighted by atomic mass is 9.99. The molecule has 0 bridgehead atoms. The van der Waals surface area contributed by atoms with Crippen LogP contribution in [0.15, 0.2) is 36.5 Å². The van der Waals surface area contributed by atoms with Crippen molar-refractivity contribution in [2.45, 2.75) is 230 Å². The average molecular weight is 766 g/mol. The Morgan fingerprint density at radius 2 is 1.09 bits per heavy atom. The summed E-state index contributed by atoms with van der Waals surface area (Å²) in [6.07, 6.45) is 36.0. The molecule has 1 amide bonds. The summed E-state index contributed by atoms with van der Waals surface area (Å²) in [5, 5.41) is 54.1. The van der Waals surface area contributed by atoms with Gasteiger partial charge in [-0.3, -0.25) is 4.79 Å². The number of amides is 1. The molecule has 1 aliphatic heterocycles. The molecule has 6 N–H and O–H groups in total. The van der Waals surface area contributed by atoms with Crippen molar-refractivity contribution >= 4 is 5.91 Å². The molecule has 7 atom stereocenters. The number of allylic oxidation sites excluding steroid dienone is 5. The summed E-state index contributed by atoms with van der Waals surface area (Å²) in [5.41, 5.74) is 0. The molecule has 1 rings (SSSR count). The molecule has 9 nitrogen and oxygen atoms in total. The lowest BCUT2D eigenvalue weighted by molar-refractivity contribution is -0.302. The van der Waals surface area contributed by atoms with Gasteiger partial charge in [0.15, 0.2) is 6.29 Å². The zero-order valence-corrected chi connectivity index (χ0v) is 34.5. The first-order valence-electron chi connectivity index (χ1n) is 22.2. The van der Waals surface area contributed by atoms with Gasteiger partial charge in [0.25, 0.3) is 0 Å². The van der Waals surface area contributed by atoms with Gasteiger partial charge in [-0.25, -0.2) is 0 Å². The van der Waals surface area contributed by atoms with Crippen molar-refractivity contribution in [1.29, 1.82) is 0 Å². The van der Waals surface area contributed by atoms with Gasteiger partial charge < -0.3 is 40.3 Å². The third kappa shape index (κ3) is 26.3. The molecule has 0 saturated carbocycles. The Labute approximate surface area is 330 Å². The minimum Gasteiger partial charge on any atom is -0.394 e. The van der Waals surface area contributed by atoms with Gasteiger partial charge in [0.1, 0.15) is 24.4 Å². The highest BCUT2D eigenvalue weighted by atomic mass is 16.7. The molecule has 0 radical (unpaired) electrons. The molecule has 0 aromatic rings. The quantitative estimate of drug-likeness (QED) is 0.0274. The summed E-state index contributed by atoms with van der Waals surface area (Å²) in [6.45, 7) is 3.73. The second kappa shape index (κ2) is 35.8. The number of aliphatic hydroxyl groups is 5. The van der Waals surface area contributed by atoms with E-state index in [0.717, 1.165) is 57.8 Å². The maximum Gasteiger partial charge on any atom is 0.220 e. The van der Waals surface area contributed by atoms with E-state index in [0.29, 0.717) is 6.42 Å². The fourth-order valence-electron chi connectivity index (χ4n) is 6.83. The highest BCUT2D eigenvalue weighted by molar-refractivity contribution is 5.76. The third-order valence-corrected chi connectivity index (χ3v) is 10.5. The predicted molar refractivity (Wildman–Crippen MR) is 221 cm³/mol. The summed E-state index contributed by atoms with van der Waals surface area (Å²) in [5.74, 6) is -0.187. The van der Waals surface area contributed by atoms with Gasteiger partial charge in [-0.15, -0.1) is 0 Å². The predicted octanol–water partition coefficient (Wildman–Crippen LogP) is 8.89. The lowest BCUT2D eigenvalue weighted by Gasteiger charge is -2.40. The molecule has 7 unspecified atom stereocenters. The molecular formula is C45H83NO8. The topological polar surface area (TPSA) is 149 Å². The maximum absolute atomic E-state index is 12.9. The first-order chi connectivity index (χ1) is 26.3. The fraction of sp³-hybridized carbons (Fsp3) is 0.844. The number of hydrogen-bond donors (Lipinski definition) is 6. The second-order valence-electron chi connectivity index (χ2n) is 15.5. The minimum absolute atomic E-state index is 0.187. The van der Waals surface area contributed by atoms with Crippen LogP contribution in [0, 0.1) is 0 Å². The Morgan fingerprint density at radius 3 is 1.63 bits per heavy atom. The van der Waals surface area contributed by atoms with Crippen LogP contribution in [0.25, 0.3) is 0 Å². The van der Waals surface area contributed by atoms with Crippen molar-refractivity contribution in [2.75, 3.05) is 13.2 Å². The summed E-state index contributed by atoms with van der Waals surface area (Å²) in [6, 6.07) is -0.807. The molecule has 1 aliphatic rings. The van der Waals surface area contributed by atoms with E-state index in [2.05, 4.69) is 43.5 Å². The van der Waals surface area contributed by atoms with Crippen LogP contribution in [0.3, 0.4) is 0 Å². The zero-order valence-electron chi connectivity index (χ0n) is 34.5. The number of aliphatic hydroxyl groups excluding tert-OH is 5. The van der Waals surface area contributed by atoms with Gasteiger partial charge in [-0.1, -0.05) is 166 Å². The SMILES string of the molecule is CCCCC/C=C\C/C=C\CCCCCCCCCC(=O)NC(COC1OC(CO)C(O)C(O)C1O)C(O)/C=C/CCCCCCCCCCCCCC. The summed E-state index contributed by atoms with van der Waals surface area (Å²) >= 11 is 0. The Hall–Kier alpha value is -1.59. The van der Waals surface area contributed by atoms with Crippen LogP contribution in [0.4, 0.5) is 0 Å². The van der Waals surface area contributed by atoms with Crippen molar-refractivity contribution < 1.29 is 39.8 Å². The van der Waals surface area contributed by atoms with Gasteiger partial charge in [0, 0.05) is 6.42 Å². The van der Waals surface area contributed by atoms with Gasteiger partial charge in [0.2, 0.25) is 5.91 Å². The van der Waals surface area contributed by atoms with Crippen molar-refractivity contribution in [2.24, 2.45) is 0 Å². The van der Waals surface area contributed by atoms with Crippen molar-refractivity contribution in [3.63, 3.8) is 0 Å². The first-order valence-corrected chi connectivity index (χ1v) is 22.2. The molecule has 0 aromatic heterocycles. The zero-order chi connectivity index (χ0) is 39.5. The highest BCUT2D eigenvalue weighted by Gasteiger charge is 2.44. The number of ether oxygens (including phenoxy) is 2. The number of nitrogens with one attached hydrogen (secondary N) is 1. The van der Waals surface area contributed by atoms with E-state index >= 15 is 0 Å². The average Bonchev–Trinajstić information content (AvgIpc) is 3.17. The normalized spacial score (nSPS) is 21.8. The van der Waals surface area contributed by atoms with Gasteiger partial charge >= 0.3 is 0 Å². The first kappa shape index (κ1) is 50.4. The van der Waals surface area contributed by atoms with Gasteiger partial charge in [-0.05, 0) is 51.4 Å². The monoisotopic (exact) mass is 766 g/mol. The molecule has 54 heavy (non-hydrogen) atoms. The second-order valence-corrected chi connectivity index (χ2v) is 15.5. The van der Waals surface area contributed by atoms with E-state index in [4.69, 9.17) is 9.47 Å². The van der Waals surface area contributed by atoms with Crippen LogP contribution in [-0.4, -0.2) is 87.5 Å². The number of carbonyl (C=O) groups excluding carboxylic acids is 1. The highest BCUT2D eigenvalue weighted by Crippen LogP contribution is 2.22. The lowest BCUT2D eigenvalue weighted by Crippen LogP contribution is -2.60. The summed E-state index contributed by atoms with van der Waals surface area (Å²) in [4.78, 5) is 12.9. The van der Waals surface area contributed by atoms with E-state index in [1.807, 2.05) is 6.08 Å². The summed E-state index contributed by atoms with van der Waals surface area (Å²) in [7, 11) is 0. The molecule has 0 aromatic carbocycles. The van der Waals surface area contributed by atoms with Crippen LogP contribution in [0.2, 0.25) is 0 Å². The standard InChI is InChI=1S/C45H83NO8/c1-3-5-7-9-11-13-15-17-19-20-21-23-25-27-29-31-33-35-41(49)46-38(37-53-45-44(52)43(51)42(50)40(36-47)54-45)39(48)34-32-30-28-26-24-22-18-16-14-12-10-8-6-4-2/h11,13,17,19,32,34,38-40,42-45,47-48,50-52H,3-10,12,14-16,18,20-31,33,35-37H2,1-2H3,(H,46,49)/b13-11-,19-17-,34-32+. The molecule has 9 heteroatoms. The van der Waals surface area contributed by atoms with Crippen LogP contribution < -0.4 is 5.32 Å². The number of unbranched alkanes of at least 4 members (excludes halogenated alkanes) is 22. The Balaban J connectivity index is 2.39. The number of carbonyl (C=O) groups is 1. The molecule has 1 saturated heterocycles. The molecule has 1 heterocycles. The molecular weight excluding hydrogens is 682 g/mol. The number of rotatable bonds is 36. The Bertz CT molecular complexity index is 941. The Morgan fingerprint density at radius 1 is 0.630 bits per heavy atom. The molecule has 0 aliphatic carbocycles. The molecule has 316 valence electrons. The van der Waals surface area contributed by atoms with Crippen LogP contribution >= 0.6 is 0 Å². The molecule has 1 fully saturated rings. The van der Waals surface area contributed by atoms with Gasteiger partial charge in [0.05, 0.1) is 25.4 Å². The van der Waals surface area contributed by atoms with E-state index in [-0.39, 0.29) is 12.5 Å². The van der Waals surface area contributed by atoms with Crippen molar-refractivity contribution in [3.05, 3.63) is 36.5 Å². The maximum atomic E-state index is 12.9. The van der Waals surface area contributed by atoms with Crippen molar-refractivity contribution in [1.82, 2.24) is 5.32 Å². The van der Waals surface area contributed by atoms with Crippen LogP contribution in [-0.2, 0) is 14.3 Å².